The number of nitrogens with one attached hydrogen (secondary N) is 1. The van der Waals surface area contributed by atoms with Crippen molar-refractivity contribution in [3.05, 3.63) is 89.2 Å². The molecule has 4 rings (SSSR count). The molecule has 0 aliphatic heterocycles. The molecule has 2 aromatic heterocycles. The Morgan fingerprint density at radius 3 is 2.46 bits per heavy atom. The normalized spacial score (nSPS) is 10.8. The van der Waals surface area contributed by atoms with Gasteiger partial charge in [-0.05, 0) is 55.0 Å². The molecule has 2 heterocycles. The van der Waals surface area contributed by atoms with E-state index in [4.69, 9.17) is 11.6 Å². The number of benzene rings is 2. The van der Waals surface area contributed by atoms with Gasteiger partial charge in [0.25, 0.3) is 5.91 Å². The van der Waals surface area contributed by atoms with Gasteiger partial charge in [-0.15, -0.1) is 5.10 Å². The fraction of sp³-hybridized carbons (Fsp3) is 0.100. The van der Waals surface area contributed by atoms with E-state index in [2.05, 4.69) is 20.5 Å². The summed E-state index contributed by atoms with van der Waals surface area (Å²) in [6, 6.07) is 16.9. The summed E-state index contributed by atoms with van der Waals surface area (Å²) in [4.78, 5) is 16.7. The summed E-state index contributed by atoms with van der Waals surface area (Å²) in [5, 5.41) is 12.0. The third-order valence-corrected chi connectivity index (χ3v) is 4.45. The SMILES string of the molecule is Cc1nc(C(=O)NCc2ccc(-n3cccn3)cc2)nn1-c1ccc(Cl)cc1. The highest BCUT2D eigenvalue weighted by atomic mass is 35.5. The minimum absolute atomic E-state index is 0.126. The zero-order valence-electron chi connectivity index (χ0n) is 15.1. The van der Waals surface area contributed by atoms with Gasteiger partial charge in [0.05, 0.1) is 11.4 Å². The van der Waals surface area contributed by atoms with E-state index in [0.717, 1.165) is 16.9 Å². The van der Waals surface area contributed by atoms with Crippen molar-refractivity contribution in [2.24, 2.45) is 0 Å². The van der Waals surface area contributed by atoms with Crippen molar-refractivity contribution in [2.45, 2.75) is 13.5 Å². The lowest BCUT2D eigenvalue weighted by Gasteiger charge is -2.05. The average molecular weight is 393 g/mol. The van der Waals surface area contributed by atoms with Crippen molar-refractivity contribution < 1.29 is 4.79 Å². The van der Waals surface area contributed by atoms with Crippen LogP contribution in [0.5, 0.6) is 0 Å². The predicted molar refractivity (Wildman–Crippen MR) is 106 cm³/mol. The van der Waals surface area contributed by atoms with E-state index < -0.39 is 0 Å². The molecule has 1 N–H and O–H groups in total. The summed E-state index contributed by atoms with van der Waals surface area (Å²) in [6.45, 7) is 2.18. The van der Waals surface area contributed by atoms with E-state index >= 15 is 0 Å². The van der Waals surface area contributed by atoms with E-state index in [1.807, 2.05) is 48.7 Å². The van der Waals surface area contributed by atoms with Gasteiger partial charge in [-0.3, -0.25) is 4.79 Å². The maximum absolute atomic E-state index is 12.4. The molecule has 2 aromatic carbocycles. The van der Waals surface area contributed by atoms with E-state index in [0.29, 0.717) is 17.4 Å². The van der Waals surface area contributed by atoms with Crippen molar-refractivity contribution in [1.29, 1.82) is 0 Å². The van der Waals surface area contributed by atoms with Gasteiger partial charge >= 0.3 is 0 Å². The molecule has 0 spiro atoms. The third kappa shape index (κ3) is 3.79. The Hall–Kier alpha value is -3.45. The lowest BCUT2D eigenvalue weighted by molar-refractivity contribution is 0.0940. The maximum Gasteiger partial charge on any atom is 0.291 e. The molecule has 0 fully saturated rings. The van der Waals surface area contributed by atoms with Crippen LogP contribution in [0.15, 0.2) is 67.0 Å². The number of rotatable bonds is 5. The Morgan fingerprint density at radius 2 is 1.79 bits per heavy atom. The van der Waals surface area contributed by atoms with Gasteiger partial charge in [0.1, 0.15) is 5.82 Å². The van der Waals surface area contributed by atoms with Crippen LogP contribution in [0.2, 0.25) is 5.02 Å². The van der Waals surface area contributed by atoms with Crippen LogP contribution in [0.1, 0.15) is 22.0 Å². The summed E-state index contributed by atoms with van der Waals surface area (Å²) in [5.41, 5.74) is 2.72. The van der Waals surface area contributed by atoms with Gasteiger partial charge < -0.3 is 5.32 Å². The number of nitrogens with zero attached hydrogens (tertiary/aromatic N) is 5. The molecule has 4 aromatic rings. The predicted octanol–water partition coefficient (Wildman–Crippen LogP) is 3.34. The number of carbonyl (C=O) groups is 1. The van der Waals surface area contributed by atoms with Crippen molar-refractivity contribution in [3.8, 4) is 11.4 Å². The fourth-order valence-electron chi connectivity index (χ4n) is 2.76. The molecule has 0 saturated carbocycles. The number of hydrogen-bond acceptors (Lipinski definition) is 4. The van der Waals surface area contributed by atoms with Crippen LogP contribution in [-0.2, 0) is 6.54 Å². The number of carbonyl (C=O) groups excluding carboxylic acids is 1. The van der Waals surface area contributed by atoms with Crippen LogP contribution in [0.3, 0.4) is 0 Å². The van der Waals surface area contributed by atoms with Crippen LogP contribution < -0.4 is 5.32 Å². The summed E-state index contributed by atoms with van der Waals surface area (Å²) in [6.07, 6.45) is 3.61. The van der Waals surface area contributed by atoms with Crippen molar-refractivity contribution in [3.63, 3.8) is 0 Å². The fourth-order valence-corrected chi connectivity index (χ4v) is 2.89. The number of amides is 1. The molecular weight excluding hydrogens is 376 g/mol. The van der Waals surface area contributed by atoms with Gasteiger partial charge in [-0.25, -0.2) is 14.3 Å². The molecule has 7 nitrogen and oxygen atoms in total. The Morgan fingerprint density at radius 1 is 1.07 bits per heavy atom. The maximum atomic E-state index is 12.4. The Kier molecular flexibility index (Phi) is 4.90. The summed E-state index contributed by atoms with van der Waals surface area (Å²) >= 11 is 5.92. The molecular formula is C20H17ClN6O. The lowest BCUT2D eigenvalue weighted by Crippen LogP contribution is -2.24. The quantitative estimate of drug-likeness (QED) is 0.565. The van der Waals surface area contributed by atoms with Crippen molar-refractivity contribution in [1.82, 2.24) is 29.9 Å². The standard InChI is InChI=1S/C20H17ClN6O/c1-14-24-19(25-27(14)18-9-5-16(21)6-10-18)20(28)22-13-15-3-7-17(8-4-15)26-12-2-11-23-26/h2-12H,13H2,1H3,(H,22,28). The Bertz CT molecular complexity index is 1080. The van der Waals surface area contributed by atoms with E-state index in [1.165, 1.54) is 0 Å². The smallest absolute Gasteiger partial charge is 0.291 e. The largest absolute Gasteiger partial charge is 0.345 e. The molecule has 28 heavy (non-hydrogen) atoms. The molecule has 0 atom stereocenters. The number of aryl methyl sites for hydroxylation is 1. The third-order valence-electron chi connectivity index (χ3n) is 4.20. The molecule has 8 heteroatoms. The monoisotopic (exact) mass is 392 g/mol. The number of aromatic nitrogens is 5. The van der Waals surface area contributed by atoms with Crippen molar-refractivity contribution in [2.75, 3.05) is 0 Å². The summed E-state index contributed by atoms with van der Waals surface area (Å²) in [7, 11) is 0. The van der Waals surface area contributed by atoms with Crippen molar-refractivity contribution >= 4 is 17.5 Å². The lowest BCUT2D eigenvalue weighted by atomic mass is 10.2. The second kappa shape index (κ2) is 7.66. The molecule has 0 radical (unpaired) electrons. The first kappa shape index (κ1) is 17.9. The van der Waals surface area contributed by atoms with Gasteiger partial charge in [-0.2, -0.15) is 5.10 Å². The highest BCUT2D eigenvalue weighted by molar-refractivity contribution is 6.30. The van der Waals surface area contributed by atoms with Crippen LogP contribution in [0.4, 0.5) is 0 Å². The van der Waals surface area contributed by atoms with Crippen LogP contribution >= 0.6 is 11.6 Å². The second-order valence-corrected chi connectivity index (χ2v) is 6.61. The molecule has 140 valence electrons. The van der Waals surface area contributed by atoms with Gasteiger partial charge in [0.15, 0.2) is 0 Å². The second-order valence-electron chi connectivity index (χ2n) is 6.17. The van der Waals surface area contributed by atoms with E-state index in [1.54, 1.807) is 34.6 Å². The van der Waals surface area contributed by atoms with E-state index in [-0.39, 0.29) is 11.7 Å². The average Bonchev–Trinajstić information content (AvgIpc) is 3.37. The minimum atomic E-state index is -0.327. The molecule has 0 aliphatic carbocycles. The molecule has 1 amide bonds. The number of hydrogen-bond donors (Lipinski definition) is 1. The van der Waals surface area contributed by atoms with Crippen LogP contribution in [0, 0.1) is 6.92 Å². The Balaban J connectivity index is 1.43. The highest BCUT2D eigenvalue weighted by Crippen LogP contribution is 2.14. The molecule has 0 aliphatic rings. The first-order valence-electron chi connectivity index (χ1n) is 8.67. The Labute approximate surface area is 166 Å². The summed E-state index contributed by atoms with van der Waals surface area (Å²) < 4.78 is 3.39. The first-order chi connectivity index (χ1) is 13.6. The van der Waals surface area contributed by atoms with Gasteiger partial charge in [0.2, 0.25) is 5.82 Å². The first-order valence-corrected chi connectivity index (χ1v) is 9.05. The zero-order chi connectivity index (χ0) is 19.5. The van der Waals surface area contributed by atoms with Crippen LogP contribution in [-0.4, -0.2) is 30.5 Å². The number of halogens is 1. The minimum Gasteiger partial charge on any atom is -0.345 e. The van der Waals surface area contributed by atoms with E-state index in [9.17, 15) is 4.79 Å². The topological polar surface area (TPSA) is 77.6 Å². The summed E-state index contributed by atoms with van der Waals surface area (Å²) in [5.74, 6) is 0.420. The highest BCUT2D eigenvalue weighted by Gasteiger charge is 2.15. The molecule has 0 bridgehead atoms. The molecule has 0 saturated heterocycles. The zero-order valence-corrected chi connectivity index (χ0v) is 15.8. The van der Waals surface area contributed by atoms with Gasteiger partial charge in [0, 0.05) is 24.0 Å². The molecule has 0 unspecified atom stereocenters. The van der Waals surface area contributed by atoms with Gasteiger partial charge in [-0.1, -0.05) is 23.7 Å². The van der Waals surface area contributed by atoms with Crippen LogP contribution in [0.25, 0.3) is 11.4 Å².